The van der Waals surface area contributed by atoms with E-state index in [1.54, 1.807) is 11.8 Å². The summed E-state index contributed by atoms with van der Waals surface area (Å²) in [6.45, 7) is 2.18. The van der Waals surface area contributed by atoms with E-state index in [-0.39, 0.29) is 22.7 Å². The van der Waals surface area contributed by atoms with Crippen molar-refractivity contribution in [2.45, 2.75) is 26.2 Å². The number of amides is 1. The first kappa shape index (κ1) is 14.3. The SMILES string of the molecule is CC(=O)SCC1CC(=O)N(c2ccc3c(c2)C(=O)CC3)C1. The largest absolute Gasteiger partial charge is 0.312 e. The molecule has 0 saturated carbocycles. The van der Waals surface area contributed by atoms with E-state index in [0.29, 0.717) is 25.1 Å². The third kappa shape index (κ3) is 2.88. The maximum atomic E-state index is 12.2. The average molecular weight is 303 g/mol. The molecule has 4 nitrogen and oxygen atoms in total. The van der Waals surface area contributed by atoms with Crippen LogP contribution >= 0.6 is 11.8 Å². The first-order valence-electron chi connectivity index (χ1n) is 7.14. The molecule has 1 saturated heterocycles. The van der Waals surface area contributed by atoms with Gasteiger partial charge in [0.2, 0.25) is 5.91 Å². The summed E-state index contributed by atoms with van der Waals surface area (Å²) in [6, 6.07) is 5.74. The Labute approximate surface area is 127 Å². The second-order valence-electron chi connectivity index (χ2n) is 5.64. The predicted octanol–water partition coefficient (Wildman–Crippen LogP) is 2.45. The summed E-state index contributed by atoms with van der Waals surface area (Å²) in [7, 11) is 0. The van der Waals surface area contributed by atoms with Gasteiger partial charge in [-0.05, 0) is 30.0 Å². The smallest absolute Gasteiger partial charge is 0.227 e. The van der Waals surface area contributed by atoms with Gasteiger partial charge in [0.05, 0.1) is 0 Å². The number of hydrogen-bond acceptors (Lipinski definition) is 4. The Morgan fingerprint density at radius 1 is 1.33 bits per heavy atom. The van der Waals surface area contributed by atoms with Crippen molar-refractivity contribution < 1.29 is 14.4 Å². The zero-order chi connectivity index (χ0) is 15.0. The third-order valence-corrected chi connectivity index (χ3v) is 5.10. The molecule has 1 aromatic carbocycles. The highest BCUT2D eigenvalue weighted by Crippen LogP contribution is 2.31. The van der Waals surface area contributed by atoms with Crippen LogP contribution in [0.15, 0.2) is 18.2 Å². The zero-order valence-electron chi connectivity index (χ0n) is 11.9. The number of hydrogen-bond donors (Lipinski definition) is 0. The molecule has 2 aliphatic rings. The topological polar surface area (TPSA) is 54.5 Å². The fourth-order valence-corrected chi connectivity index (χ4v) is 3.66. The minimum atomic E-state index is 0.0783. The molecule has 1 unspecified atom stereocenters. The summed E-state index contributed by atoms with van der Waals surface area (Å²) in [5.41, 5.74) is 2.66. The number of rotatable bonds is 3. The molecule has 110 valence electrons. The highest BCUT2D eigenvalue weighted by atomic mass is 32.2. The lowest BCUT2D eigenvalue weighted by Crippen LogP contribution is -2.25. The highest BCUT2D eigenvalue weighted by molar-refractivity contribution is 8.13. The van der Waals surface area contributed by atoms with E-state index >= 15 is 0 Å². The lowest BCUT2D eigenvalue weighted by atomic mass is 10.1. The fraction of sp³-hybridized carbons (Fsp3) is 0.438. The molecule has 1 aliphatic carbocycles. The van der Waals surface area contributed by atoms with Gasteiger partial charge in [-0.2, -0.15) is 0 Å². The van der Waals surface area contributed by atoms with Crippen molar-refractivity contribution in [2.75, 3.05) is 17.2 Å². The Hall–Kier alpha value is -1.62. The number of anilines is 1. The summed E-state index contributed by atoms with van der Waals surface area (Å²) < 4.78 is 0. The summed E-state index contributed by atoms with van der Waals surface area (Å²) in [4.78, 5) is 36.7. The summed E-state index contributed by atoms with van der Waals surface area (Å²) in [5.74, 6) is 1.13. The van der Waals surface area contributed by atoms with Gasteiger partial charge < -0.3 is 4.90 Å². The molecule has 1 aromatic rings. The van der Waals surface area contributed by atoms with E-state index < -0.39 is 0 Å². The monoisotopic (exact) mass is 303 g/mol. The number of nitrogens with zero attached hydrogens (tertiary/aromatic N) is 1. The molecule has 5 heteroatoms. The van der Waals surface area contributed by atoms with Crippen LogP contribution in [0.2, 0.25) is 0 Å². The standard InChI is InChI=1S/C16H17NO3S/c1-10(18)21-9-11-6-16(20)17(8-11)13-4-2-12-3-5-15(19)14(12)7-13/h2,4,7,11H,3,5-6,8-9H2,1H3. The van der Waals surface area contributed by atoms with Crippen molar-refractivity contribution in [3.63, 3.8) is 0 Å². The lowest BCUT2D eigenvalue weighted by molar-refractivity contribution is -0.117. The normalized spacial score (nSPS) is 21.0. The molecule has 1 aliphatic heterocycles. The molecule has 1 heterocycles. The first-order valence-corrected chi connectivity index (χ1v) is 8.13. The van der Waals surface area contributed by atoms with Gasteiger partial charge in [-0.3, -0.25) is 14.4 Å². The van der Waals surface area contributed by atoms with Crippen LogP contribution < -0.4 is 4.90 Å². The van der Waals surface area contributed by atoms with Crippen LogP contribution in [0, 0.1) is 5.92 Å². The Bertz CT molecular complexity index is 626. The van der Waals surface area contributed by atoms with Gasteiger partial charge in [-0.25, -0.2) is 0 Å². The Kier molecular flexibility index (Phi) is 3.85. The molecule has 1 amide bonds. The van der Waals surface area contributed by atoms with Gasteiger partial charge in [0.25, 0.3) is 0 Å². The van der Waals surface area contributed by atoms with Crippen LogP contribution in [0.1, 0.15) is 35.7 Å². The summed E-state index contributed by atoms with van der Waals surface area (Å²) in [5, 5.41) is 0.0871. The molecule has 0 spiro atoms. The van der Waals surface area contributed by atoms with Crippen LogP contribution in [0.5, 0.6) is 0 Å². The molecular weight excluding hydrogens is 286 g/mol. The van der Waals surface area contributed by atoms with Crippen LogP contribution in [0.4, 0.5) is 5.69 Å². The third-order valence-electron chi connectivity index (χ3n) is 4.05. The molecule has 0 aromatic heterocycles. The Balaban J connectivity index is 1.75. The lowest BCUT2D eigenvalue weighted by Gasteiger charge is -2.17. The van der Waals surface area contributed by atoms with E-state index in [1.807, 2.05) is 18.2 Å². The number of carbonyl (C=O) groups is 3. The van der Waals surface area contributed by atoms with E-state index in [1.165, 1.54) is 11.8 Å². The quantitative estimate of drug-likeness (QED) is 0.860. The molecular formula is C16H17NO3S. The van der Waals surface area contributed by atoms with Gasteiger partial charge in [0, 0.05) is 43.3 Å². The van der Waals surface area contributed by atoms with Gasteiger partial charge >= 0.3 is 0 Å². The van der Waals surface area contributed by atoms with Crippen molar-refractivity contribution in [1.82, 2.24) is 0 Å². The van der Waals surface area contributed by atoms with Crippen LogP contribution in [0.25, 0.3) is 0 Å². The van der Waals surface area contributed by atoms with Crippen molar-refractivity contribution in [3.8, 4) is 0 Å². The fourth-order valence-electron chi connectivity index (χ4n) is 2.97. The van der Waals surface area contributed by atoms with E-state index in [2.05, 4.69) is 0 Å². The Morgan fingerprint density at radius 2 is 2.14 bits per heavy atom. The number of ketones is 1. The van der Waals surface area contributed by atoms with Gasteiger partial charge in [-0.1, -0.05) is 17.8 Å². The van der Waals surface area contributed by atoms with Crippen molar-refractivity contribution in [1.29, 1.82) is 0 Å². The van der Waals surface area contributed by atoms with Crippen LogP contribution in [-0.4, -0.2) is 29.1 Å². The van der Waals surface area contributed by atoms with E-state index in [0.717, 1.165) is 23.2 Å². The minimum Gasteiger partial charge on any atom is -0.312 e. The number of fused-ring (bicyclic) bond motifs is 1. The van der Waals surface area contributed by atoms with Gasteiger partial charge in [-0.15, -0.1) is 0 Å². The number of aryl methyl sites for hydroxylation is 1. The van der Waals surface area contributed by atoms with Crippen molar-refractivity contribution in [2.24, 2.45) is 5.92 Å². The van der Waals surface area contributed by atoms with Gasteiger partial charge in [0.15, 0.2) is 10.9 Å². The van der Waals surface area contributed by atoms with Crippen LogP contribution in [0.3, 0.4) is 0 Å². The Morgan fingerprint density at radius 3 is 2.90 bits per heavy atom. The second kappa shape index (κ2) is 5.64. The van der Waals surface area contributed by atoms with E-state index in [4.69, 9.17) is 0 Å². The van der Waals surface area contributed by atoms with Crippen molar-refractivity contribution >= 4 is 34.3 Å². The summed E-state index contributed by atoms with van der Waals surface area (Å²) in [6.07, 6.45) is 1.86. The summed E-state index contributed by atoms with van der Waals surface area (Å²) >= 11 is 1.28. The zero-order valence-corrected chi connectivity index (χ0v) is 12.7. The first-order chi connectivity index (χ1) is 10.0. The highest BCUT2D eigenvalue weighted by Gasteiger charge is 2.31. The molecule has 0 bridgehead atoms. The van der Waals surface area contributed by atoms with Gasteiger partial charge in [0.1, 0.15) is 0 Å². The molecule has 3 rings (SSSR count). The molecule has 21 heavy (non-hydrogen) atoms. The molecule has 1 fully saturated rings. The van der Waals surface area contributed by atoms with Crippen LogP contribution in [-0.2, 0) is 16.0 Å². The number of thioether (sulfide) groups is 1. The maximum absolute atomic E-state index is 12.2. The van der Waals surface area contributed by atoms with Crippen molar-refractivity contribution in [3.05, 3.63) is 29.3 Å². The molecule has 1 atom stereocenters. The number of Topliss-reactive ketones (excluding diaryl/α,β-unsaturated/α-hetero) is 1. The minimum absolute atomic E-state index is 0.0783. The number of benzene rings is 1. The predicted molar refractivity (Wildman–Crippen MR) is 82.7 cm³/mol. The second-order valence-corrected chi connectivity index (χ2v) is 6.84. The molecule has 0 N–H and O–H groups in total. The molecule has 0 radical (unpaired) electrons. The maximum Gasteiger partial charge on any atom is 0.227 e. The van der Waals surface area contributed by atoms with E-state index in [9.17, 15) is 14.4 Å². The average Bonchev–Trinajstić information content (AvgIpc) is 3.00. The number of carbonyl (C=O) groups excluding carboxylic acids is 3.